The van der Waals surface area contributed by atoms with Crippen molar-refractivity contribution < 1.29 is 16.8 Å². The third-order valence-corrected chi connectivity index (χ3v) is 2.13. The average molecular weight is 239 g/mol. The third-order valence-electron chi connectivity index (χ3n) is 2.13. The van der Waals surface area contributed by atoms with Gasteiger partial charge < -0.3 is 0 Å². The molecular formula is C14H12Co. The third kappa shape index (κ3) is 3.46. The van der Waals surface area contributed by atoms with E-state index >= 15 is 0 Å². The van der Waals surface area contributed by atoms with Crippen LogP contribution in [-0.4, -0.2) is 0 Å². The molecule has 0 spiro atoms. The van der Waals surface area contributed by atoms with E-state index < -0.39 is 0 Å². The molecule has 1 radical (unpaired) electrons. The second-order valence-electron chi connectivity index (χ2n) is 3.16. The number of allylic oxidation sites excluding steroid dienone is 4. The molecule has 0 atom stereocenters. The topological polar surface area (TPSA) is 0 Å². The van der Waals surface area contributed by atoms with E-state index in [1.807, 2.05) is 12.2 Å². The Kier molecular flexibility index (Phi) is 5.02. The van der Waals surface area contributed by atoms with Gasteiger partial charge in [-0.1, -0.05) is 6.07 Å². The van der Waals surface area contributed by atoms with Gasteiger partial charge in [-0.15, -0.1) is 36.1 Å². The molecular weight excluding hydrogens is 227 g/mol. The Hall–Kier alpha value is -1.18. The van der Waals surface area contributed by atoms with Gasteiger partial charge in [0.25, 0.3) is 0 Å². The zero-order valence-electron chi connectivity index (χ0n) is 8.31. The fourth-order valence-corrected chi connectivity index (χ4v) is 1.41. The van der Waals surface area contributed by atoms with Crippen molar-refractivity contribution in [2.24, 2.45) is 0 Å². The molecule has 15 heavy (non-hydrogen) atoms. The van der Waals surface area contributed by atoms with Gasteiger partial charge in [-0.25, -0.2) is 12.2 Å². The van der Waals surface area contributed by atoms with Crippen molar-refractivity contribution in [3.8, 4) is 0 Å². The molecule has 0 N–H and O–H groups in total. The Balaban J connectivity index is 0.000000162. The van der Waals surface area contributed by atoms with Gasteiger partial charge in [0.15, 0.2) is 0 Å². The Morgan fingerprint density at radius 2 is 2.00 bits per heavy atom. The van der Waals surface area contributed by atoms with Crippen LogP contribution in [-0.2, 0) is 16.8 Å². The fourth-order valence-electron chi connectivity index (χ4n) is 1.41. The summed E-state index contributed by atoms with van der Waals surface area (Å²) >= 11 is 0. The Morgan fingerprint density at radius 3 is 2.60 bits per heavy atom. The van der Waals surface area contributed by atoms with E-state index in [2.05, 4.69) is 54.6 Å². The van der Waals surface area contributed by atoms with Crippen LogP contribution >= 0.6 is 0 Å². The number of benzene rings is 1. The minimum absolute atomic E-state index is 0. The first kappa shape index (κ1) is 11.9. The zero-order chi connectivity index (χ0) is 9.64. The molecule has 0 nitrogen and oxygen atoms in total. The first-order valence-electron chi connectivity index (χ1n) is 4.79. The molecule has 0 aromatic heterocycles. The summed E-state index contributed by atoms with van der Waals surface area (Å²) < 4.78 is 0. The van der Waals surface area contributed by atoms with Crippen LogP contribution < -0.4 is 0 Å². The van der Waals surface area contributed by atoms with Gasteiger partial charge in [-0.2, -0.15) is 23.6 Å². The molecule has 2 aromatic rings. The van der Waals surface area contributed by atoms with E-state index in [0.29, 0.717) is 0 Å². The van der Waals surface area contributed by atoms with E-state index in [4.69, 9.17) is 0 Å². The average Bonchev–Trinajstić information content (AvgIpc) is 2.92. The molecule has 0 fully saturated rings. The molecule has 0 unspecified atom stereocenters. The van der Waals surface area contributed by atoms with Crippen molar-refractivity contribution in [1.29, 1.82) is 0 Å². The Labute approximate surface area is 101 Å². The summed E-state index contributed by atoms with van der Waals surface area (Å²) in [7, 11) is 0. The summed E-state index contributed by atoms with van der Waals surface area (Å²) in [6.45, 7) is 0. The Morgan fingerprint density at radius 1 is 1.13 bits per heavy atom. The first-order valence-corrected chi connectivity index (χ1v) is 4.79. The van der Waals surface area contributed by atoms with Crippen LogP contribution in [0.3, 0.4) is 0 Å². The van der Waals surface area contributed by atoms with Crippen molar-refractivity contribution in [3.05, 3.63) is 66.8 Å². The van der Waals surface area contributed by atoms with Crippen molar-refractivity contribution in [1.82, 2.24) is 0 Å². The molecule has 0 aliphatic heterocycles. The van der Waals surface area contributed by atoms with Gasteiger partial charge >= 0.3 is 16.8 Å². The van der Waals surface area contributed by atoms with Gasteiger partial charge in [-0.05, 0) is 0 Å². The fraction of sp³-hybridized carbons (Fsp3) is 0.0714. The number of rotatable bonds is 0. The summed E-state index contributed by atoms with van der Waals surface area (Å²) in [4.78, 5) is 0. The van der Waals surface area contributed by atoms with Crippen LogP contribution in [0.25, 0.3) is 10.8 Å². The predicted molar refractivity (Wildman–Crippen MR) is 61.1 cm³/mol. The van der Waals surface area contributed by atoms with Crippen molar-refractivity contribution in [2.75, 3.05) is 0 Å². The minimum atomic E-state index is 0. The monoisotopic (exact) mass is 239 g/mol. The van der Waals surface area contributed by atoms with E-state index in [1.165, 1.54) is 10.8 Å². The summed E-state index contributed by atoms with van der Waals surface area (Å²) in [5.74, 6) is 0. The van der Waals surface area contributed by atoms with E-state index in [0.717, 1.165) is 6.42 Å². The van der Waals surface area contributed by atoms with Crippen molar-refractivity contribution in [3.63, 3.8) is 0 Å². The first-order chi connectivity index (χ1) is 6.97. The smallest absolute Gasteiger partial charge is 0.273 e. The molecule has 1 aliphatic carbocycles. The van der Waals surface area contributed by atoms with Crippen molar-refractivity contribution in [2.45, 2.75) is 6.42 Å². The normalized spacial score (nSPS) is 12.0. The largest absolute Gasteiger partial charge is 2.00 e. The summed E-state index contributed by atoms with van der Waals surface area (Å²) in [5.41, 5.74) is 0. The maximum Gasteiger partial charge on any atom is 2.00 e. The van der Waals surface area contributed by atoms with Crippen LogP contribution in [0.1, 0.15) is 6.42 Å². The SMILES string of the molecule is [C-]1=CC=CC1.[Co+2].c1ccc2[cH-]ccc2c1. The molecule has 3 rings (SSSR count). The van der Waals surface area contributed by atoms with Crippen LogP contribution in [0, 0.1) is 6.08 Å². The maximum atomic E-state index is 2.99. The molecule has 0 heterocycles. The van der Waals surface area contributed by atoms with Gasteiger partial charge in [0.2, 0.25) is 0 Å². The number of hydrogen-bond donors (Lipinski definition) is 0. The maximum absolute atomic E-state index is 2.99. The molecule has 1 aliphatic rings. The van der Waals surface area contributed by atoms with E-state index in [1.54, 1.807) is 0 Å². The predicted octanol–water partition coefficient (Wildman–Crippen LogP) is 3.86. The summed E-state index contributed by atoms with van der Waals surface area (Å²) in [6, 6.07) is 14.7. The zero-order valence-corrected chi connectivity index (χ0v) is 9.35. The van der Waals surface area contributed by atoms with E-state index in [-0.39, 0.29) is 16.8 Å². The minimum Gasteiger partial charge on any atom is -0.273 e. The number of fused-ring (bicyclic) bond motifs is 1. The summed E-state index contributed by atoms with van der Waals surface area (Å²) in [6.07, 6.45) is 10.0. The van der Waals surface area contributed by atoms with Gasteiger partial charge in [0.1, 0.15) is 0 Å². The molecule has 0 bridgehead atoms. The quantitative estimate of drug-likeness (QED) is 0.612. The van der Waals surface area contributed by atoms with Crippen LogP contribution in [0.5, 0.6) is 0 Å². The molecule has 1 heteroatoms. The van der Waals surface area contributed by atoms with E-state index in [9.17, 15) is 0 Å². The molecule has 0 saturated carbocycles. The molecule has 0 saturated heterocycles. The molecule has 2 aromatic carbocycles. The second-order valence-corrected chi connectivity index (χ2v) is 3.16. The van der Waals surface area contributed by atoms with Crippen LogP contribution in [0.15, 0.2) is 60.7 Å². The van der Waals surface area contributed by atoms with Gasteiger partial charge in [0, 0.05) is 0 Å². The number of hydrogen-bond acceptors (Lipinski definition) is 0. The van der Waals surface area contributed by atoms with Gasteiger partial charge in [-0.3, -0.25) is 6.08 Å². The summed E-state index contributed by atoms with van der Waals surface area (Å²) in [5, 5.41) is 2.66. The van der Waals surface area contributed by atoms with Crippen molar-refractivity contribution >= 4 is 10.8 Å². The molecule has 77 valence electrons. The standard InChI is InChI=1S/C9H7.C5H5.Co/c1-2-5-9-7-3-6-8(9)4-1;1-2-4-5-3-1;/h1-7H;1-3H,4H2;/q2*-1;+2. The Bertz CT molecular complexity index is 409. The molecule has 0 amide bonds. The van der Waals surface area contributed by atoms with Crippen LogP contribution in [0.2, 0.25) is 0 Å². The van der Waals surface area contributed by atoms with Gasteiger partial charge in [0.05, 0.1) is 0 Å². The second kappa shape index (κ2) is 6.33. The van der Waals surface area contributed by atoms with Crippen LogP contribution in [0.4, 0.5) is 0 Å².